The van der Waals surface area contributed by atoms with Gasteiger partial charge in [-0.25, -0.2) is 0 Å². The van der Waals surface area contributed by atoms with E-state index >= 15 is 0 Å². The first-order valence-corrected chi connectivity index (χ1v) is 10.0. The summed E-state index contributed by atoms with van der Waals surface area (Å²) in [6.07, 6.45) is 8.47. The third-order valence-corrected chi connectivity index (χ3v) is 6.30. The second-order valence-electron chi connectivity index (χ2n) is 7.48. The zero-order valence-corrected chi connectivity index (χ0v) is 20.7. The van der Waals surface area contributed by atoms with Crippen molar-refractivity contribution in [2.45, 2.75) is 43.8 Å². The van der Waals surface area contributed by atoms with Gasteiger partial charge in [-0.05, 0) is 0 Å². The number of aryl methyl sites for hydroxylation is 2. The van der Waals surface area contributed by atoms with Gasteiger partial charge in [-0.3, -0.25) is 0 Å². The molecule has 28 heavy (non-hydrogen) atoms. The molecule has 0 saturated heterocycles. The molecule has 1 aliphatic rings. The molecule has 2 atom stereocenters. The van der Waals surface area contributed by atoms with E-state index in [1.807, 2.05) is 0 Å². The van der Waals surface area contributed by atoms with Crippen molar-refractivity contribution in [1.29, 1.82) is 0 Å². The summed E-state index contributed by atoms with van der Waals surface area (Å²) in [6, 6.07) is 18.0. The Bertz CT molecular complexity index is 783. The van der Waals surface area contributed by atoms with Crippen LogP contribution in [0.4, 0.5) is 0 Å². The monoisotopic (exact) mass is 468 g/mol. The van der Waals surface area contributed by atoms with Crippen LogP contribution in [-0.2, 0) is 20.4 Å². The fourth-order valence-electron chi connectivity index (χ4n) is 3.77. The second-order valence-corrected chi connectivity index (χ2v) is 8.83. The van der Waals surface area contributed by atoms with E-state index in [0.29, 0.717) is 11.8 Å². The normalized spacial score (nSPS) is 18.6. The molecule has 148 valence electrons. The molecule has 0 aliphatic heterocycles. The van der Waals surface area contributed by atoms with Gasteiger partial charge in [-0.1, -0.05) is 0 Å². The van der Waals surface area contributed by atoms with Crippen LogP contribution in [0.1, 0.15) is 48.4 Å². The molecule has 0 nitrogen and oxygen atoms in total. The van der Waals surface area contributed by atoms with Gasteiger partial charge >= 0.3 is 165 Å². The van der Waals surface area contributed by atoms with Crippen molar-refractivity contribution in [2.24, 2.45) is 5.92 Å². The van der Waals surface area contributed by atoms with E-state index in [1.54, 1.807) is 0 Å². The third kappa shape index (κ3) is 6.00. The van der Waals surface area contributed by atoms with Gasteiger partial charge < -0.3 is 37.2 Å². The summed E-state index contributed by atoms with van der Waals surface area (Å²) < 4.78 is 0.0142. The molecule has 0 N–H and O–H groups in total. The van der Waals surface area contributed by atoms with Crippen molar-refractivity contribution in [1.82, 2.24) is 0 Å². The molecule has 0 fully saturated rings. The Kier molecular flexibility index (Phi) is 11.4. The molecule has 0 heterocycles. The smallest absolute Gasteiger partial charge is 1.00 e. The average molecular weight is 470 g/mol. The maximum absolute atomic E-state index is 2.51. The van der Waals surface area contributed by atoms with E-state index < -0.39 is 0 Å². The van der Waals surface area contributed by atoms with Crippen LogP contribution in [0.2, 0.25) is 3.72 Å². The van der Waals surface area contributed by atoms with Crippen LogP contribution in [0.5, 0.6) is 0 Å². The molecule has 2 unspecified atom stereocenters. The molecule has 4 heteroatoms. The van der Waals surface area contributed by atoms with Crippen molar-refractivity contribution in [2.75, 3.05) is 0 Å². The molecule has 0 spiro atoms. The van der Waals surface area contributed by atoms with Gasteiger partial charge in [0.15, 0.2) is 0 Å². The number of benzene rings is 2. The minimum atomic E-state index is 0. The maximum Gasteiger partial charge on any atom is -1.00 e. The van der Waals surface area contributed by atoms with Crippen LogP contribution in [0.25, 0.3) is 0 Å². The summed E-state index contributed by atoms with van der Waals surface area (Å²) >= 11 is 2.38. The topological polar surface area (TPSA) is 0 Å². The van der Waals surface area contributed by atoms with Crippen LogP contribution < -0.4 is 37.2 Å². The van der Waals surface area contributed by atoms with Crippen molar-refractivity contribution >= 4 is 0 Å². The van der Waals surface area contributed by atoms with Gasteiger partial charge in [-0.2, -0.15) is 0 Å². The van der Waals surface area contributed by atoms with E-state index in [2.05, 4.69) is 115 Å². The molecule has 0 amide bonds. The fraction of sp³-hybridized carbons (Fsp3) is 0.333. The van der Waals surface area contributed by atoms with Gasteiger partial charge in [-0.15, -0.1) is 0 Å². The minimum absolute atomic E-state index is 0. The van der Waals surface area contributed by atoms with Crippen molar-refractivity contribution in [3.8, 4) is 0 Å². The van der Waals surface area contributed by atoms with Crippen LogP contribution in [0.3, 0.4) is 0 Å². The number of allylic oxidation sites excluding steroid dienone is 4. The molecule has 0 bridgehead atoms. The van der Waals surface area contributed by atoms with E-state index in [0.717, 1.165) is 0 Å². The third-order valence-electron chi connectivity index (χ3n) is 5.37. The Morgan fingerprint density at radius 3 is 1.82 bits per heavy atom. The molecule has 1 aliphatic carbocycles. The molecule has 0 aromatic heterocycles. The quantitative estimate of drug-likeness (QED) is 0.432. The summed E-state index contributed by atoms with van der Waals surface area (Å²) in [5, 5.41) is 0. The summed E-state index contributed by atoms with van der Waals surface area (Å²) in [4.78, 5) is 0. The zero-order chi connectivity index (χ0) is 18.0. The molecular weight excluding hydrogens is 442 g/mol. The van der Waals surface area contributed by atoms with Crippen molar-refractivity contribution in [3.63, 3.8) is 0 Å². The largest absolute Gasteiger partial charge is 1.00 e. The van der Waals surface area contributed by atoms with Crippen LogP contribution in [0.15, 0.2) is 72.3 Å². The van der Waals surface area contributed by atoms with Crippen LogP contribution in [0, 0.1) is 19.8 Å². The van der Waals surface area contributed by atoms with E-state index in [4.69, 9.17) is 0 Å². The fourth-order valence-corrected chi connectivity index (χ4v) is 4.68. The maximum atomic E-state index is 2.51. The van der Waals surface area contributed by atoms with Gasteiger partial charge in [0.1, 0.15) is 0 Å². The molecule has 2 aromatic rings. The van der Waals surface area contributed by atoms with Gasteiger partial charge in [0.2, 0.25) is 0 Å². The zero-order valence-electron chi connectivity index (χ0n) is 16.8. The van der Waals surface area contributed by atoms with E-state index in [-0.39, 0.29) is 40.9 Å². The molecule has 0 saturated carbocycles. The molecule has 3 rings (SSSR count). The van der Waals surface area contributed by atoms with Crippen LogP contribution in [-0.4, -0.2) is 0 Å². The SMILES string of the molecule is CCC(C)C1=C[C]([Ti+3])(C(c2cccc(C)c2)c2cccc(C)c2)C=C1.[Cl-].[Cl-].[Cl-]. The number of hydrogen-bond donors (Lipinski definition) is 0. The first-order valence-electron chi connectivity index (χ1n) is 9.23. The minimum Gasteiger partial charge on any atom is -1.00 e. The Hall–Kier alpha value is -0.496. The number of rotatable bonds is 5. The molecule has 0 radical (unpaired) electrons. The average Bonchev–Trinajstić information content (AvgIpc) is 2.97. The molecular formula is C24H27Cl3Ti. The van der Waals surface area contributed by atoms with E-state index in [1.165, 1.54) is 34.2 Å². The summed E-state index contributed by atoms with van der Waals surface area (Å²) in [5.74, 6) is 0.957. The van der Waals surface area contributed by atoms with Gasteiger partial charge in [0.25, 0.3) is 0 Å². The van der Waals surface area contributed by atoms with Crippen LogP contribution >= 0.6 is 0 Å². The number of hydrogen-bond acceptors (Lipinski definition) is 0. The Labute approximate surface area is 200 Å². The predicted octanol–water partition coefficient (Wildman–Crippen LogP) is -2.30. The summed E-state index contributed by atoms with van der Waals surface area (Å²) in [7, 11) is 0. The second kappa shape index (κ2) is 11.6. The standard InChI is InChI=1S/C24H27.3ClH.Ti/c1-5-19(4)20-12-13-23(16-20)24(21-10-6-8-17(2)14-21)22-11-7-9-18(3)15-22;;;;/h6-16,19,24H,5H2,1-4H3;3*1H;/q;;;;+3/p-3. The van der Waals surface area contributed by atoms with Crippen molar-refractivity contribution in [3.05, 3.63) is 94.6 Å². The Balaban J connectivity index is 0.00000243. The Morgan fingerprint density at radius 2 is 1.39 bits per heavy atom. The Morgan fingerprint density at radius 1 is 0.893 bits per heavy atom. The van der Waals surface area contributed by atoms with Crippen molar-refractivity contribution < 1.29 is 57.7 Å². The number of halogens is 3. The summed E-state index contributed by atoms with van der Waals surface area (Å²) in [5.41, 5.74) is 6.94. The van der Waals surface area contributed by atoms with E-state index in [9.17, 15) is 0 Å². The first kappa shape index (κ1) is 27.5. The summed E-state index contributed by atoms with van der Waals surface area (Å²) in [6.45, 7) is 8.97. The predicted molar refractivity (Wildman–Crippen MR) is 104 cm³/mol. The van der Waals surface area contributed by atoms with Gasteiger partial charge in [0.05, 0.1) is 0 Å². The van der Waals surface area contributed by atoms with Gasteiger partial charge in [0, 0.05) is 0 Å². The first-order chi connectivity index (χ1) is 11.9. The molecule has 2 aromatic carbocycles.